The van der Waals surface area contributed by atoms with Gasteiger partial charge in [0.05, 0.1) is 6.54 Å². The highest BCUT2D eigenvalue weighted by Gasteiger charge is 2.36. The Bertz CT molecular complexity index is 285. The zero-order valence-electron chi connectivity index (χ0n) is 12.6. The van der Waals surface area contributed by atoms with Gasteiger partial charge in [0, 0.05) is 32.2 Å². The van der Waals surface area contributed by atoms with Gasteiger partial charge in [0.15, 0.2) is 0 Å². The molecule has 0 radical (unpaired) electrons. The van der Waals surface area contributed by atoms with Crippen molar-refractivity contribution in [3.63, 3.8) is 0 Å². The van der Waals surface area contributed by atoms with Gasteiger partial charge in [0.1, 0.15) is 0 Å². The van der Waals surface area contributed by atoms with Crippen molar-refractivity contribution < 1.29 is 4.79 Å². The van der Waals surface area contributed by atoms with Crippen LogP contribution in [0.3, 0.4) is 0 Å². The summed E-state index contributed by atoms with van der Waals surface area (Å²) in [5.74, 6) is 0.213. The van der Waals surface area contributed by atoms with E-state index in [0.717, 1.165) is 25.9 Å². The summed E-state index contributed by atoms with van der Waals surface area (Å²) in [6.45, 7) is 11.1. The summed E-state index contributed by atoms with van der Waals surface area (Å²) in [4.78, 5) is 16.1. The molecule has 0 saturated carbocycles. The lowest BCUT2D eigenvalue weighted by molar-refractivity contribution is -0.130. The van der Waals surface area contributed by atoms with Crippen molar-refractivity contribution in [1.82, 2.24) is 9.80 Å². The Labute approximate surface area is 111 Å². The summed E-state index contributed by atoms with van der Waals surface area (Å²) in [6, 6.07) is 0.388. The summed E-state index contributed by atoms with van der Waals surface area (Å²) in [5, 5.41) is 0. The van der Waals surface area contributed by atoms with Crippen LogP contribution in [0.15, 0.2) is 0 Å². The second-order valence-electron chi connectivity index (χ2n) is 6.52. The lowest BCUT2D eigenvalue weighted by atomic mass is 9.80. The molecule has 0 aliphatic carbocycles. The number of carbonyl (C=O) groups excluding carboxylic acids is 1. The summed E-state index contributed by atoms with van der Waals surface area (Å²) in [5.41, 5.74) is 6.39. The van der Waals surface area contributed by atoms with Gasteiger partial charge in [-0.15, -0.1) is 0 Å². The molecule has 1 saturated heterocycles. The Hall–Kier alpha value is -0.610. The molecule has 106 valence electrons. The van der Waals surface area contributed by atoms with Crippen molar-refractivity contribution in [1.29, 1.82) is 0 Å². The van der Waals surface area contributed by atoms with E-state index in [1.165, 1.54) is 0 Å². The molecule has 0 aromatic heterocycles. The minimum Gasteiger partial charge on any atom is -0.345 e. The molecule has 1 aliphatic rings. The van der Waals surface area contributed by atoms with E-state index in [0.29, 0.717) is 6.54 Å². The Morgan fingerprint density at radius 2 is 1.94 bits per heavy atom. The minimum atomic E-state index is 0.0959. The fraction of sp³-hybridized carbons (Fsp3) is 0.929. The molecule has 1 amide bonds. The van der Waals surface area contributed by atoms with Crippen LogP contribution in [0.5, 0.6) is 0 Å². The maximum Gasteiger partial charge on any atom is 0.236 e. The predicted molar refractivity (Wildman–Crippen MR) is 75.3 cm³/mol. The van der Waals surface area contributed by atoms with Gasteiger partial charge in [0.2, 0.25) is 5.91 Å². The molecule has 1 fully saturated rings. The normalized spacial score (nSPS) is 22.8. The second-order valence-corrected chi connectivity index (χ2v) is 6.52. The smallest absolute Gasteiger partial charge is 0.236 e. The van der Waals surface area contributed by atoms with Crippen LogP contribution >= 0.6 is 0 Å². The first-order valence-corrected chi connectivity index (χ1v) is 7.01. The summed E-state index contributed by atoms with van der Waals surface area (Å²) < 4.78 is 0. The third kappa shape index (κ3) is 3.69. The fourth-order valence-electron chi connectivity index (χ4n) is 2.93. The van der Waals surface area contributed by atoms with Crippen molar-refractivity contribution in [3.05, 3.63) is 0 Å². The van der Waals surface area contributed by atoms with Crippen LogP contribution in [0.1, 0.15) is 40.5 Å². The average molecular weight is 255 g/mol. The van der Waals surface area contributed by atoms with Crippen molar-refractivity contribution in [2.45, 2.75) is 52.6 Å². The van der Waals surface area contributed by atoms with E-state index in [2.05, 4.69) is 32.6 Å². The van der Waals surface area contributed by atoms with Crippen molar-refractivity contribution in [3.8, 4) is 0 Å². The van der Waals surface area contributed by atoms with Gasteiger partial charge in [-0.05, 0) is 18.3 Å². The molecule has 1 heterocycles. The van der Waals surface area contributed by atoms with E-state index in [4.69, 9.17) is 5.73 Å². The van der Waals surface area contributed by atoms with Crippen LogP contribution in [0.4, 0.5) is 0 Å². The first-order chi connectivity index (χ1) is 8.27. The number of amides is 1. The van der Waals surface area contributed by atoms with Gasteiger partial charge in [-0.25, -0.2) is 0 Å². The van der Waals surface area contributed by atoms with Crippen LogP contribution in [0.25, 0.3) is 0 Å². The molecule has 1 aliphatic heterocycles. The summed E-state index contributed by atoms with van der Waals surface area (Å²) in [6.07, 6.45) is 1.98. The monoisotopic (exact) mass is 255 g/mol. The molecule has 0 spiro atoms. The molecule has 0 aromatic rings. The Morgan fingerprint density at radius 3 is 2.44 bits per heavy atom. The molecule has 1 rings (SSSR count). The van der Waals surface area contributed by atoms with Crippen LogP contribution < -0.4 is 5.73 Å². The number of nitrogens with two attached hydrogens (primary N) is 1. The third-order valence-corrected chi connectivity index (χ3v) is 3.86. The van der Waals surface area contributed by atoms with Gasteiger partial charge in [-0.2, -0.15) is 0 Å². The number of nitrogens with zero attached hydrogens (tertiary/aromatic N) is 2. The van der Waals surface area contributed by atoms with E-state index in [9.17, 15) is 4.79 Å². The average Bonchev–Trinajstić information content (AvgIpc) is 2.40. The van der Waals surface area contributed by atoms with Crippen molar-refractivity contribution in [2.75, 3.05) is 26.7 Å². The molecule has 0 aromatic carbocycles. The molecular weight excluding hydrogens is 226 g/mol. The molecule has 0 bridgehead atoms. The Balaban J connectivity index is 2.88. The number of hydrogen-bond donors (Lipinski definition) is 1. The topological polar surface area (TPSA) is 49.6 Å². The number of carbonyl (C=O) groups is 1. The highest BCUT2D eigenvalue weighted by atomic mass is 16.2. The number of hydrogen-bond acceptors (Lipinski definition) is 3. The van der Waals surface area contributed by atoms with E-state index in [1.54, 1.807) is 0 Å². The maximum atomic E-state index is 12.0. The number of likely N-dealkylation sites (N-methyl/N-ethyl adjacent to an activating group) is 1. The largest absolute Gasteiger partial charge is 0.345 e. The zero-order valence-corrected chi connectivity index (χ0v) is 12.6. The zero-order chi connectivity index (χ0) is 13.9. The third-order valence-electron chi connectivity index (χ3n) is 3.86. The molecule has 2 atom stereocenters. The van der Waals surface area contributed by atoms with Crippen LogP contribution in [0, 0.1) is 5.41 Å². The minimum absolute atomic E-state index is 0.0959. The highest BCUT2D eigenvalue weighted by molar-refractivity contribution is 5.78. The predicted octanol–water partition coefficient (Wildman–Crippen LogP) is 1.30. The van der Waals surface area contributed by atoms with Gasteiger partial charge in [0.25, 0.3) is 0 Å². The molecule has 18 heavy (non-hydrogen) atoms. The Morgan fingerprint density at radius 1 is 1.33 bits per heavy atom. The fourth-order valence-corrected chi connectivity index (χ4v) is 2.93. The first-order valence-electron chi connectivity index (χ1n) is 7.01. The van der Waals surface area contributed by atoms with Crippen molar-refractivity contribution in [2.24, 2.45) is 11.1 Å². The lowest BCUT2D eigenvalue weighted by Crippen LogP contribution is -2.56. The van der Waals surface area contributed by atoms with Gasteiger partial charge < -0.3 is 10.6 Å². The van der Waals surface area contributed by atoms with Crippen molar-refractivity contribution >= 4 is 5.91 Å². The molecule has 2 unspecified atom stereocenters. The van der Waals surface area contributed by atoms with Crippen LogP contribution in [-0.2, 0) is 4.79 Å². The van der Waals surface area contributed by atoms with E-state index in [1.807, 2.05) is 11.9 Å². The summed E-state index contributed by atoms with van der Waals surface area (Å²) in [7, 11) is 1.89. The van der Waals surface area contributed by atoms with Gasteiger partial charge >= 0.3 is 0 Å². The standard InChI is InChI=1S/C14H29N3O/c1-6-11(15)13(14(2,3)4)17-9-7-8-16(5)12(18)10-17/h11,13H,6-10,15H2,1-5H3. The maximum absolute atomic E-state index is 12.0. The molecular formula is C14H29N3O. The van der Waals surface area contributed by atoms with Crippen LogP contribution in [0.2, 0.25) is 0 Å². The first kappa shape index (κ1) is 15.4. The van der Waals surface area contributed by atoms with Gasteiger partial charge in [-0.1, -0.05) is 27.7 Å². The lowest BCUT2D eigenvalue weighted by Gasteiger charge is -2.42. The Kier molecular flexibility index (Phi) is 5.17. The van der Waals surface area contributed by atoms with E-state index in [-0.39, 0.29) is 23.4 Å². The molecule has 4 heteroatoms. The van der Waals surface area contributed by atoms with Gasteiger partial charge in [-0.3, -0.25) is 9.69 Å². The quantitative estimate of drug-likeness (QED) is 0.827. The highest BCUT2D eigenvalue weighted by Crippen LogP contribution is 2.28. The second kappa shape index (κ2) is 6.02. The number of rotatable bonds is 3. The SMILES string of the molecule is CCC(N)C(N1CCCN(C)C(=O)C1)C(C)(C)C. The van der Waals surface area contributed by atoms with E-state index < -0.39 is 0 Å². The van der Waals surface area contributed by atoms with E-state index >= 15 is 0 Å². The summed E-state index contributed by atoms with van der Waals surface area (Å²) >= 11 is 0. The molecule has 2 N–H and O–H groups in total. The molecule has 4 nitrogen and oxygen atoms in total. The van der Waals surface area contributed by atoms with Crippen LogP contribution in [-0.4, -0.2) is 54.5 Å².